The molecule has 1 fully saturated rings. The Balaban J connectivity index is 2.06. The summed E-state index contributed by atoms with van der Waals surface area (Å²) in [7, 11) is 0. The Morgan fingerprint density at radius 2 is 2.12 bits per heavy atom. The first-order chi connectivity index (χ1) is 8.15. The molecule has 2 rings (SSSR count). The second-order valence-electron chi connectivity index (χ2n) is 4.62. The van der Waals surface area contributed by atoms with E-state index in [2.05, 4.69) is 4.90 Å². The lowest BCUT2D eigenvalue weighted by Crippen LogP contribution is -2.26. The molecule has 0 amide bonds. The molecule has 92 valence electrons. The Kier molecular flexibility index (Phi) is 3.76. The van der Waals surface area contributed by atoms with Gasteiger partial charge in [-0.3, -0.25) is 9.69 Å². The number of carbonyl (C=O) groups is 1. The molecule has 0 bridgehead atoms. The molecule has 1 aliphatic heterocycles. The topological polar surface area (TPSA) is 66.6 Å². The molecule has 1 unspecified atom stereocenters. The number of aliphatic carboxylic acids is 1. The summed E-state index contributed by atoms with van der Waals surface area (Å²) >= 11 is 0. The summed E-state index contributed by atoms with van der Waals surface area (Å²) in [5, 5.41) is 8.86. The highest BCUT2D eigenvalue weighted by Gasteiger charge is 2.19. The fourth-order valence-electron chi connectivity index (χ4n) is 2.29. The second-order valence-corrected chi connectivity index (χ2v) is 4.62. The Labute approximate surface area is 101 Å². The van der Waals surface area contributed by atoms with Crippen molar-refractivity contribution < 1.29 is 9.90 Å². The minimum atomic E-state index is -0.782. The summed E-state index contributed by atoms with van der Waals surface area (Å²) in [4.78, 5) is 13.1. The minimum absolute atomic E-state index is 0.0933. The molecule has 0 aliphatic carbocycles. The van der Waals surface area contributed by atoms with Crippen molar-refractivity contribution in [3.8, 4) is 0 Å². The van der Waals surface area contributed by atoms with E-state index in [9.17, 15) is 4.79 Å². The molecule has 1 aliphatic rings. The van der Waals surface area contributed by atoms with Crippen LogP contribution in [0.4, 0.5) is 0 Å². The maximum absolute atomic E-state index is 10.8. The van der Waals surface area contributed by atoms with Crippen LogP contribution in [-0.2, 0) is 17.8 Å². The quantitative estimate of drug-likeness (QED) is 0.810. The summed E-state index contributed by atoms with van der Waals surface area (Å²) in [5.41, 5.74) is 7.87. The van der Waals surface area contributed by atoms with Crippen LogP contribution < -0.4 is 5.73 Å². The van der Waals surface area contributed by atoms with Gasteiger partial charge in [0.1, 0.15) is 0 Å². The minimum Gasteiger partial charge on any atom is -0.481 e. The fourth-order valence-corrected chi connectivity index (χ4v) is 2.29. The molecule has 17 heavy (non-hydrogen) atoms. The van der Waals surface area contributed by atoms with Crippen LogP contribution >= 0.6 is 0 Å². The normalized spacial score (nSPS) is 20.6. The number of rotatable bonds is 4. The fraction of sp³-hybridized carbons (Fsp3) is 0.462. The van der Waals surface area contributed by atoms with E-state index in [1.807, 2.05) is 24.3 Å². The lowest BCUT2D eigenvalue weighted by Gasteiger charge is -2.17. The number of carboxylic acid groups (broad SMARTS) is 1. The van der Waals surface area contributed by atoms with Crippen molar-refractivity contribution in [1.82, 2.24) is 4.90 Å². The van der Waals surface area contributed by atoms with Gasteiger partial charge in [0, 0.05) is 25.7 Å². The van der Waals surface area contributed by atoms with E-state index in [1.54, 1.807) is 0 Å². The molecule has 1 heterocycles. The average molecular weight is 234 g/mol. The largest absolute Gasteiger partial charge is 0.481 e. The van der Waals surface area contributed by atoms with Crippen LogP contribution in [0.3, 0.4) is 0 Å². The van der Waals surface area contributed by atoms with Crippen LogP contribution in [0.1, 0.15) is 17.5 Å². The predicted octanol–water partition coefficient (Wildman–Crippen LogP) is 0.847. The van der Waals surface area contributed by atoms with E-state index < -0.39 is 5.97 Å². The monoisotopic (exact) mass is 234 g/mol. The summed E-state index contributed by atoms with van der Waals surface area (Å²) in [5.74, 6) is -0.782. The second kappa shape index (κ2) is 5.29. The maximum atomic E-state index is 10.8. The van der Waals surface area contributed by atoms with Crippen LogP contribution in [-0.4, -0.2) is 35.1 Å². The maximum Gasteiger partial charge on any atom is 0.307 e. The molecule has 0 radical (unpaired) electrons. The molecular formula is C13H18N2O2. The van der Waals surface area contributed by atoms with Crippen molar-refractivity contribution in [3.63, 3.8) is 0 Å². The van der Waals surface area contributed by atoms with Crippen LogP contribution in [0, 0.1) is 0 Å². The first-order valence-electron chi connectivity index (χ1n) is 5.91. The molecule has 1 aromatic rings. The lowest BCUT2D eigenvalue weighted by atomic mass is 10.0. The lowest BCUT2D eigenvalue weighted by molar-refractivity contribution is -0.136. The molecule has 1 aromatic carbocycles. The molecule has 1 saturated heterocycles. The third kappa shape index (κ3) is 3.28. The van der Waals surface area contributed by atoms with Crippen molar-refractivity contribution in [2.75, 3.05) is 13.1 Å². The number of hydrogen-bond acceptors (Lipinski definition) is 3. The number of likely N-dealkylation sites (tertiary alicyclic amines) is 1. The third-order valence-electron chi connectivity index (χ3n) is 3.16. The van der Waals surface area contributed by atoms with Gasteiger partial charge in [0.15, 0.2) is 0 Å². The van der Waals surface area contributed by atoms with Gasteiger partial charge in [-0.25, -0.2) is 0 Å². The number of nitrogens with two attached hydrogens (primary N) is 1. The standard InChI is InChI=1S/C13H18N2O2/c14-12-5-6-15(9-12)8-11-4-2-1-3-10(11)7-13(16)17/h1-4,12H,5-9,14H2,(H,16,17). The van der Waals surface area contributed by atoms with Gasteiger partial charge in [0.05, 0.1) is 6.42 Å². The van der Waals surface area contributed by atoms with Gasteiger partial charge >= 0.3 is 5.97 Å². The van der Waals surface area contributed by atoms with E-state index in [1.165, 1.54) is 0 Å². The van der Waals surface area contributed by atoms with Crippen molar-refractivity contribution in [1.29, 1.82) is 0 Å². The Morgan fingerprint density at radius 3 is 2.71 bits per heavy atom. The summed E-state index contributed by atoms with van der Waals surface area (Å²) in [6.45, 7) is 2.71. The van der Waals surface area contributed by atoms with Crippen LogP contribution in [0.25, 0.3) is 0 Å². The zero-order valence-electron chi connectivity index (χ0n) is 9.80. The molecular weight excluding hydrogens is 216 g/mol. The van der Waals surface area contributed by atoms with Gasteiger partial charge < -0.3 is 10.8 Å². The van der Waals surface area contributed by atoms with Crippen molar-refractivity contribution in [3.05, 3.63) is 35.4 Å². The summed E-state index contributed by atoms with van der Waals surface area (Å²) < 4.78 is 0. The summed E-state index contributed by atoms with van der Waals surface area (Å²) in [6, 6.07) is 8.00. The Hall–Kier alpha value is -1.39. The van der Waals surface area contributed by atoms with E-state index in [4.69, 9.17) is 10.8 Å². The number of carboxylic acids is 1. The number of benzene rings is 1. The van der Waals surface area contributed by atoms with Crippen LogP contribution in [0.15, 0.2) is 24.3 Å². The molecule has 0 spiro atoms. The molecule has 0 aromatic heterocycles. The van der Waals surface area contributed by atoms with Crippen molar-refractivity contribution in [2.45, 2.75) is 25.4 Å². The molecule has 4 heteroatoms. The highest BCUT2D eigenvalue weighted by molar-refractivity contribution is 5.70. The highest BCUT2D eigenvalue weighted by Crippen LogP contribution is 2.16. The third-order valence-corrected chi connectivity index (χ3v) is 3.16. The smallest absolute Gasteiger partial charge is 0.307 e. The van der Waals surface area contributed by atoms with Gasteiger partial charge in [-0.05, 0) is 17.5 Å². The number of nitrogens with zero attached hydrogens (tertiary/aromatic N) is 1. The van der Waals surface area contributed by atoms with E-state index in [0.717, 1.165) is 37.2 Å². The van der Waals surface area contributed by atoms with Gasteiger partial charge in [-0.2, -0.15) is 0 Å². The van der Waals surface area contributed by atoms with E-state index >= 15 is 0 Å². The van der Waals surface area contributed by atoms with Gasteiger partial charge in [-0.15, -0.1) is 0 Å². The van der Waals surface area contributed by atoms with E-state index in [0.29, 0.717) is 0 Å². The van der Waals surface area contributed by atoms with Crippen molar-refractivity contribution >= 4 is 5.97 Å². The van der Waals surface area contributed by atoms with Crippen LogP contribution in [0.2, 0.25) is 0 Å². The molecule has 1 atom stereocenters. The van der Waals surface area contributed by atoms with Crippen LogP contribution in [0.5, 0.6) is 0 Å². The zero-order chi connectivity index (χ0) is 12.3. The first kappa shape index (κ1) is 12.1. The predicted molar refractivity (Wildman–Crippen MR) is 65.7 cm³/mol. The Morgan fingerprint density at radius 1 is 1.41 bits per heavy atom. The van der Waals surface area contributed by atoms with Gasteiger partial charge in [0.25, 0.3) is 0 Å². The Bertz CT molecular complexity index is 406. The molecule has 3 N–H and O–H groups in total. The highest BCUT2D eigenvalue weighted by atomic mass is 16.4. The molecule has 4 nitrogen and oxygen atoms in total. The summed E-state index contributed by atoms with van der Waals surface area (Å²) in [6.07, 6.45) is 1.12. The van der Waals surface area contributed by atoms with Gasteiger partial charge in [0.2, 0.25) is 0 Å². The SMILES string of the molecule is NC1CCN(Cc2ccccc2CC(=O)O)C1. The average Bonchev–Trinajstić information content (AvgIpc) is 2.66. The van der Waals surface area contributed by atoms with Gasteiger partial charge in [-0.1, -0.05) is 24.3 Å². The molecule has 0 saturated carbocycles. The number of hydrogen-bond donors (Lipinski definition) is 2. The van der Waals surface area contributed by atoms with E-state index in [-0.39, 0.29) is 12.5 Å². The first-order valence-corrected chi connectivity index (χ1v) is 5.91. The zero-order valence-corrected chi connectivity index (χ0v) is 9.80. The van der Waals surface area contributed by atoms with Crippen molar-refractivity contribution in [2.24, 2.45) is 5.73 Å².